The first-order valence-corrected chi connectivity index (χ1v) is 7.90. The summed E-state index contributed by atoms with van der Waals surface area (Å²) in [4.78, 5) is 0.487. The molecule has 0 aromatic carbocycles. The van der Waals surface area contributed by atoms with Crippen molar-refractivity contribution >= 4 is 26.0 Å². The van der Waals surface area contributed by atoms with E-state index in [4.69, 9.17) is 0 Å². The lowest BCUT2D eigenvalue weighted by Gasteiger charge is -2.33. The van der Waals surface area contributed by atoms with Gasteiger partial charge in [0.15, 0.2) is 0 Å². The first-order valence-electron chi connectivity index (χ1n) is 5.48. The Balaban J connectivity index is 2.58. The highest BCUT2D eigenvalue weighted by Crippen LogP contribution is 2.27. The van der Waals surface area contributed by atoms with Gasteiger partial charge in [-0.2, -0.15) is 0 Å². The molecule has 1 unspecified atom stereocenters. The summed E-state index contributed by atoms with van der Waals surface area (Å²) in [5.41, 5.74) is 0. The molecule has 1 fully saturated rings. The van der Waals surface area contributed by atoms with Crippen LogP contribution in [0.15, 0.2) is 0 Å². The van der Waals surface area contributed by atoms with E-state index in [-0.39, 0.29) is 5.25 Å². The number of rotatable bonds is 3. The summed E-state index contributed by atoms with van der Waals surface area (Å²) in [5.74, 6) is 0.614. The Morgan fingerprint density at radius 1 is 1.20 bits per heavy atom. The van der Waals surface area contributed by atoms with E-state index in [0.717, 1.165) is 12.8 Å². The van der Waals surface area contributed by atoms with Gasteiger partial charge in [0.1, 0.15) is 0 Å². The third-order valence-corrected chi connectivity index (χ3v) is 6.13. The van der Waals surface area contributed by atoms with Crippen molar-refractivity contribution in [3.05, 3.63) is 0 Å². The molecular weight excluding hydrogens is 278 g/mol. The first kappa shape index (κ1) is 13.5. The van der Waals surface area contributed by atoms with E-state index in [9.17, 15) is 8.42 Å². The minimum Gasteiger partial charge on any atom is -0.212 e. The Morgan fingerprint density at radius 3 is 2.00 bits per heavy atom. The minimum atomic E-state index is -3.03. The molecule has 3 nitrogen and oxygen atoms in total. The standard InChI is InChI=1S/C10H20BrNO2S/c1-8(2)15(13,14)12-6-4-10(5-7-12)9(3)11/h8-10H,4-7H2,1-3H3. The molecule has 0 aromatic rings. The molecule has 15 heavy (non-hydrogen) atoms. The molecule has 5 heteroatoms. The average molecular weight is 298 g/mol. The predicted octanol–water partition coefficient (Wildman–Crippen LogP) is 2.22. The van der Waals surface area contributed by atoms with Crippen molar-refractivity contribution < 1.29 is 8.42 Å². The molecule has 1 aliphatic heterocycles. The molecule has 0 amide bonds. The zero-order valence-electron chi connectivity index (χ0n) is 9.61. The maximum Gasteiger partial charge on any atom is 0.216 e. The first-order chi connectivity index (χ1) is 6.85. The number of alkyl halides is 1. The lowest BCUT2D eigenvalue weighted by atomic mass is 9.96. The van der Waals surface area contributed by atoms with Gasteiger partial charge in [0, 0.05) is 17.9 Å². The SMILES string of the molecule is CC(Br)C1CCN(S(=O)(=O)C(C)C)CC1. The molecule has 0 aliphatic carbocycles. The van der Waals surface area contributed by atoms with Crippen LogP contribution >= 0.6 is 15.9 Å². The molecule has 0 aromatic heterocycles. The number of piperidine rings is 1. The van der Waals surface area contributed by atoms with Crippen LogP contribution in [0.25, 0.3) is 0 Å². The van der Waals surface area contributed by atoms with Crippen LogP contribution in [0, 0.1) is 5.92 Å². The Morgan fingerprint density at radius 2 is 1.67 bits per heavy atom. The zero-order chi connectivity index (χ0) is 11.6. The Hall–Kier alpha value is 0.390. The maximum atomic E-state index is 11.9. The number of sulfonamides is 1. The summed E-state index contributed by atoms with van der Waals surface area (Å²) < 4.78 is 25.4. The van der Waals surface area contributed by atoms with Gasteiger partial charge in [-0.3, -0.25) is 0 Å². The molecule has 90 valence electrons. The Kier molecular flexibility index (Phi) is 4.62. The van der Waals surface area contributed by atoms with Crippen LogP contribution in [0.4, 0.5) is 0 Å². The average Bonchev–Trinajstić information content (AvgIpc) is 2.17. The van der Waals surface area contributed by atoms with E-state index in [0.29, 0.717) is 23.8 Å². The van der Waals surface area contributed by atoms with Gasteiger partial charge in [-0.05, 0) is 32.6 Å². The largest absolute Gasteiger partial charge is 0.216 e. The van der Waals surface area contributed by atoms with Gasteiger partial charge < -0.3 is 0 Å². The smallest absolute Gasteiger partial charge is 0.212 e. The van der Waals surface area contributed by atoms with Crippen molar-refractivity contribution in [3.8, 4) is 0 Å². The number of halogens is 1. The second-order valence-electron chi connectivity index (χ2n) is 4.51. The van der Waals surface area contributed by atoms with E-state index in [1.807, 2.05) is 0 Å². The zero-order valence-corrected chi connectivity index (χ0v) is 12.0. The molecule has 1 atom stereocenters. The fourth-order valence-electron chi connectivity index (χ4n) is 1.89. The van der Waals surface area contributed by atoms with Gasteiger partial charge in [-0.1, -0.05) is 22.9 Å². The summed E-state index contributed by atoms with van der Waals surface area (Å²) in [7, 11) is -3.03. The lowest BCUT2D eigenvalue weighted by molar-refractivity contribution is 0.273. The maximum absolute atomic E-state index is 11.9. The summed E-state index contributed by atoms with van der Waals surface area (Å²) in [6, 6.07) is 0. The molecule has 0 spiro atoms. The summed E-state index contributed by atoms with van der Waals surface area (Å²) in [6.45, 7) is 6.99. The van der Waals surface area contributed by atoms with Gasteiger partial charge in [-0.25, -0.2) is 12.7 Å². The molecule has 0 radical (unpaired) electrons. The van der Waals surface area contributed by atoms with Crippen LogP contribution in [0.2, 0.25) is 0 Å². The minimum absolute atomic E-state index is 0.296. The molecule has 1 aliphatic rings. The van der Waals surface area contributed by atoms with Crippen LogP contribution in [0.5, 0.6) is 0 Å². The molecule has 1 heterocycles. The summed E-state index contributed by atoms with van der Waals surface area (Å²) >= 11 is 3.57. The topological polar surface area (TPSA) is 37.4 Å². The van der Waals surface area contributed by atoms with Crippen molar-refractivity contribution in [1.29, 1.82) is 0 Å². The van der Waals surface area contributed by atoms with E-state index in [2.05, 4.69) is 22.9 Å². The van der Waals surface area contributed by atoms with E-state index in [1.165, 1.54) is 0 Å². The highest BCUT2D eigenvalue weighted by atomic mass is 79.9. The second-order valence-corrected chi connectivity index (χ2v) is 8.44. The third-order valence-electron chi connectivity index (χ3n) is 3.10. The fraction of sp³-hybridized carbons (Fsp3) is 1.00. The van der Waals surface area contributed by atoms with Crippen LogP contribution in [0.3, 0.4) is 0 Å². The van der Waals surface area contributed by atoms with Crippen molar-refractivity contribution in [2.24, 2.45) is 5.92 Å². The van der Waals surface area contributed by atoms with E-state index >= 15 is 0 Å². The van der Waals surface area contributed by atoms with Gasteiger partial charge in [0.2, 0.25) is 10.0 Å². The molecule has 1 rings (SSSR count). The number of nitrogens with zero attached hydrogens (tertiary/aromatic N) is 1. The molecule has 1 saturated heterocycles. The Labute approximate surface area is 101 Å². The summed E-state index contributed by atoms with van der Waals surface area (Å²) in [6.07, 6.45) is 1.94. The molecule has 0 saturated carbocycles. The van der Waals surface area contributed by atoms with Crippen LogP contribution in [-0.2, 0) is 10.0 Å². The normalized spacial score (nSPS) is 23.3. The third kappa shape index (κ3) is 3.17. The van der Waals surface area contributed by atoms with Gasteiger partial charge in [-0.15, -0.1) is 0 Å². The van der Waals surface area contributed by atoms with Crippen molar-refractivity contribution in [2.75, 3.05) is 13.1 Å². The van der Waals surface area contributed by atoms with Crippen molar-refractivity contribution in [3.63, 3.8) is 0 Å². The second kappa shape index (κ2) is 5.15. The fourth-order valence-corrected chi connectivity index (χ4v) is 3.73. The number of hydrogen-bond donors (Lipinski definition) is 0. The predicted molar refractivity (Wildman–Crippen MR) is 66.7 cm³/mol. The molecule has 0 N–H and O–H groups in total. The van der Waals surface area contributed by atoms with Crippen LogP contribution in [-0.4, -0.2) is 35.9 Å². The molecular formula is C10H20BrNO2S. The van der Waals surface area contributed by atoms with Gasteiger partial charge >= 0.3 is 0 Å². The monoisotopic (exact) mass is 297 g/mol. The van der Waals surface area contributed by atoms with E-state index in [1.54, 1.807) is 18.2 Å². The van der Waals surface area contributed by atoms with Crippen LogP contribution in [0.1, 0.15) is 33.6 Å². The van der Waals surface area contributed by atoms with Crippen molar-refractivity contribution in [2.45, 2.75) is 43.7 Å². The number of hydrogen-bond acceptors (Lipinski definition) is 2. The van der Waals surface area contributed by atoms with Gasteiger partial charge in [0.25, 0.3) is 0 Å². The quantitative estimate of drug-likeness (QED) is 0.749. The molecule has 0 bridgehead atoms. The lowest BCUT2D eigenvalue weighted by Crippen LogP contribution is -2.42. The highest BCUT2D eigenvalue weighted by Gasteiger charge is 2.31. The Bertz CT molecular complexity index is 293. The van der Waals surface area contributed by atoms with Gasteiger partial charge in [0.05, 0.1) is 5.25 Å². The van der Waals surface area contributed by atoms with Crippen LogP contribution < -0.4 is 0 Å². The van der Waals surface area contributed by atoms with Crippen molar-refractivity contribution in [1.82, 2.24) is 4.31 Å². The summed E-state index contributed by atoms with van der Waals surface area (Å²) in [5, 5.41) is -0.296. The van der Waals surface area contributed by atoms with E-state index < -0.39 is 10.0 Å². The highest BCUT2D eigenvalue weighted by molar-refractivity contribution is 9.09.